The third-order valence-electron chi connectivity index (χ3n) is 7.21. The lowest BCUT2D eigenvalue weighted by Gasteiger charge is -2.22. The van der Waals surface area contributed by atoms with Crippen molar-refractivity contribution in [1.82, 2.24) is 20.6 Å². The largest absolute Gasteiger partial charge is 0.464 e. The Labute approximate surface area is 247 Å². The molecule has 0 radical (unpaired) electrons. The Morgan fingerprint density at radius 3 is 2.12 bits per heavy atom. The van der Waals surface area contributed by atoms with Crippen LogP contribution in [0.15, 0.2) is 24.3 Å². The second-order valence-electron chi connectivity index (χ2n) is 11.0. The fraction of sp³-hybridized carbons (Fsp3) is 0.600. The summed E-state index contributed by atoms with van der Waals surface area (Å²) >= 11 is 0. The molecule has 12 heteroatoms. The maximum Gasteiger partial charge on any atom is 0.348 e. The summed E-state index contributed by atoms with van der Waals surface area (Å²) in [6.45, 7) is 9.26. The molecule has 42 heavy (non-hydrogen) atoms. The van der Waals surface area contributed by atoms with Crippen molar-refractivity contribution in [3.63, 3.8) is 0 Å². The van der Waals surface area contributed by atoms with Gasteiger partial charge in [-0.3, -0.25) is 29.3 Å². The van der Waals surface area contributed by atoms with Gasteiger partial charge in [-0.1, -0.05) is 45.7 Å². The summed E-state index contributed by atoms with van der Waals surface area (Å²) in [4.78, 5) is 75.9. The number of amides is 6. The molecule has 0 spiro atoms. The van der Waals surface area contributed by atoms with E-state index in [1.807, 2.05) is 13.8 Å². The number of imide groups is 2. The van der Waals surface area contributed by atoms with E-state index < -0.39 is 41.7 Å². The molecule has 12 nitrogen and oxygen atoms in total. The average Bonchev–Trinajstić information content (AvgIpc) is 3.20. The van der Waals surface area contributed by atoms with Crippen molar-refractivity contribution in [3.8, 4) is 0 Å². The van der Waals surface area contributed by atoms with Crippen LogP contribution in [0.25, 0.3) is 0 Å². The van der Waals surface area contributed by atoms with Gasteiger partial charge in [0.25, 0.3) is 17.7 Å². The summed E-state index contributed by atoms with van der Waals surface area (Å²) < 4.78 is 4.86. The third-order valence-corrected chi connectivity index (χ3v) is 7.21. The normalized spacial score (nSPS) is 14.7. The van der Waals surface area contributed by atoms with Crippen LogP contribution in [0.2, 0.25) is 0 Å². The lowest BCUT2D eigenvalue weighted by Crippen LogP contribution is -2.46. The van der Waals surface area contributed by atoms with Gasteiger partial charge >= 0.3 is 12.0 Å². The van der Waals surface area contributed by atoms with Crippen LogP contribution in [-0.2, 0) is 19.1 Å². The lowest BCUT2D eigenvalue weighted by molar-refractivity contribution is -0.158. The molecule has 1 aromatic carbocycles. The summed E-state index contributed by atoms with van der Waals surface area (Å²) in [6, 6.07) is 4.87. The van der Waals surface area contributed by atoms with Gasteiger partial charge in [0.1, 0.15) is 6.04 Å². The number of carbonyl (C=O) groups excluding carboxylic acids is 6. The average molecular weight is 589 g/mol. The van der Waals surface area contributed by atoms with Gasteiger partial charge in [0.05, 0.1) is 17.7 Å². The number of esters is 1. The molecular weight excluding hydrogens is 544 g/mol. The maximum absolute atomic E-state index is 13.0. The van der Waals surface area contributed by atoms with Crippen LogP contribution in [0.4, 0.5) is 4.79 Å². The minimum atomic E-state index is -0.993. The standard InChI is InChI=1S/C30H44N4O8/c1-6-42-29(39)21(5)32-25(35)20(4)16-17-31-30(40)34(41)26(36)22(15-14-19(2)3)11-9-10-18-33-27(37)23-12-7-8-13-24(23)28(33)38/h7-8,12-13,19-22,41H,6,9-11,14-18H2,1-5H3,(H,31,40)(H,32,35)/t20-,21-,22-/m0/s1. The number of hydrogen-bond donors (Lipinski definition) is 3. The summed E-state index contributed by atoms with van der Waals surface area (Å²) in [6.07, 6.45) is 2.74. The SMILES string of the molecule is CCOC(=O)[C@H](C)NC(=O)[C@@H](C)CCNC(=O)N(O)C(=O)[C@@H](CCCCN1C(=O)c2ccccc2C1=O)CCC(C)C. The summed E-state index contributed by atoms with van der Waals surface area (Å²) in [5.74, 6) is -3.21. The van der Waals surface area contributed by atoms with E-state index in [2.05, 4.69) is 10.6 Å². The van der Waals surface area contributed by atoms with Gasteiger partial charge in [0, 0.05) is 24.9 Å². The van der Waals surface area contributed by atoms with Crippen LogP contribution in [-0.4, -0.2) is 76.5 Å². The number of rotatable bonds is 16. The first-order chi connectivity index (χ1) is 19.9. The van der Waals surface area contributed by atoms with Gasteiger partial charge in [-0.05, 0) is 57.6 Å². The third kappa shape index (κ3) is 9.64. The van der Waals surface area contributed by atoms with Gasteiger partial charge in [-0.15, -0.1) is 5.06 Å². The van der Waals surface area contributed by atoms with E-state index in [1.165, 1.54) is 11.8 Å². The van der Waals surface area contributed by atoms with E-state index in [4.69, 9.17) is 4.74 Å². The first-order valence-electron chi connectivity index (χ1n) is 14.6. The van der Waals surface area contributed by atoms with Crippen LogP contribution < -0.4 is 10.6 Å². The van der Waals surface area contributed by atoms with E-state index >= 15 is 0 Å². The minimum absolute atomic E-state index is 0.0164. The number of unbranched alkanes of at least 4 members (excludes halogenated alkanes) is 1. The number of hydrogen-bond acceptors (Lipinski definition) is 8. The number of ether oxygens (including phenoxy) is 1. The maximum atomic E-state index is 13.0. The van der Waals surface area contributed by atoms with Crippen molar-refractivity contribution in [2.75, 3.05) is 19.7 Å². The lowest BCUT2D eigenvalue weighted by atomic mass is 9.92. The number of carbonyl (C=O) groups is 6. The van der Waals surface area contributed by atoms with Crippen LogP contribution in [0, 0.1) is 17.8 Å². The first kappa shape index (κ1) is 34.4. The molecule has 0 bridgehead atoms. The fourth-order valence-electron chi connectivity index (χ4n) is 4.59. The number of fused-ring (bicyclic) bond motifs is 1. The van der Waals surface area contributed by atoms with Gasteiger partial charge in [-0.25, -0.2) is 9.59 Å². The molecule has 0 aliphatic carbocycles. The number of nitrogens with zero attached hydrogens (tertiary/aromatic N) is 2. The van der Waals surface area contributed by atoms with Crippen molar-refractivity contribution in [2.24, 2.45) is 17.8 Å². The molecule has 232 valence electrons. The Morgan fingerprint density at radius 1 is 0.929 bits per heavy atom. The molecule has 1 heterocycles. The highest BCUT2D eigenvalue weighted by atomic mass is 16.5. The zero-order valence-electron chi connectivity index (χ0n) is 25.2. The summed E-state index contributed by atoms with van der Waals surface area (Å²) in [7, 11) is 0. The molecule has 2 rings (SSSR count). The Hall–Kier alpha value is -3.80. The fourth-order valence-corrected chi connectivity index (χ4v) is 4.59. The van der Waals surface area contributed by atoms with Crippen molar-refractivity contribution in [1.29, 1.82) is 0 Å². The number of benzene rings is 1. The highest BCUT2D eigenvalue weighted by molar-refractivity contribution is 6.21. The molecule has 0 fully saturated rings. The topological polar surface area (TPSA) is 162 Å². The zero-order valence-corrected chi connectivity index (χ0v) is 25.2. The predicted molar refractivity (Wildman–Crippen MR) is 153 cm³/mol. The molecule has 1 aliphatic heterocycles. The molecule has 0 saturated carbocycles. The quantitative estimate of drug-likeness (QED) is 0.0868. The van der Waals surface area contributed by atoms with Crippen molar-refractivity contribution < 1.29 is 38.7 Å². The zero-order chi connectivity index (χ0) is 31.4. The number of hydroxylamine groups is 2. The van der Waals surface area contributed by atoms with Crippen LogP contribution >= 0.6 is 0 Å². The minimum Gasteiger partial charge on any atom is -0.464 e. The summed E-state index contributed by atoms with van der Waals surface area (Å²) in [5.41, 5.74) is 0.770. The monoisotopic (exact) mass is 588 g/mol. The van der Waals surface area contributed by atoms with Crippen molar-refractivity contribution in [3.05, 3.63) is 35.4 Å². The van der Waals surface area contributed by atoms with Crippen LogP contribution in [0.5, 0.6) is 0 Å². The van der Waals surface area contributed by atoms with E-state index in [9.17, 15) is 34.0 Å². The molecular formula is C30H44N4O8. The van der Waals surface area contributed by atoms with E-state index in [0.717, 1.165) is 0 Å². The molecule has 0 saturated heterocycles. The van der Waals surface area contributed by atoms with Gasteiger partial charge in [-0.2, -0.15) is 0 Å². The number of urea groups is 1. The second kappa shape index (κ2) is 16.6. The van der Waals surface area contributed by atoms with E-state index in [-0.39, 0.29) is 43.0 Å². The highest BCUT2D eigenvalue weighted by Gasteiger charge is 2.35. The molecule has 3 atom stereocenters. The van der Waals surface area contributed by atoms with Crippen molar-refractivity contribution in [2.45, 2.75) is 79.2 Å². The second-order valence-corrected chi connectivity index (χ2v) is 11.0. The first-order valence-corrected chi connectivity index (χ1v) is 14.6. The molecule has 6 amide bonds. The highest BCUT2D eigenvalue weighted by Crippen LogP contribution is 2.24. The molecule has 1 aromatic rings. The summed E-state index contributed by atoms with van der Waals surface area (Å²) in [5, 5.41) is 15.5. The molecule has 0 unspecified atom stereocenters. The van der Waals surface area contributed by atoms with Crippen molar-refractivity contribution >= 4 is 35.6 Å². The predicted octanol–water partition coefficient (Wildman–Crippen LogP) is 3.53. The number of nitrogens with one attached hydrogen (secondary N) is 2. The Morgan fingerprint density at radius 2 is 1.55 bits per heavy atom. The van der Waals surface area contributed by atoms with E-state index in [1.54, 1.807) is 38.1 Å². The van der Waals surface area contributed by atoms with Gasteiger partial charge < -0.3 is 15.4 Å². The molecule has 3 N–H and O–H groups in total. The van der Waals surface area contributed by atoms with Crippen LogP contribution in [0.1, 0.15) is 93.9 Å². The Balaban J connectivity index is 1.83. The Kier molecular flexibility index (Phi) is 13.6. The molecule has 0 aromatic heterocycles. The van der Waals surface area contributed by atoms with Gasteiger partial charge in [0.2, 0.25) is 5.91 Å². The van der Waals surface area contributed by atoms with Gasteiger partial charge in [0.15, 0.2) is 0 Å². The van der Waals surface area contributed by atoms with Crippen LogP contribution in [0.3, 0.4) is 0 Å². The molecule has 1 aliphatic rings. The Bertz CT molecular complexity index is 1100. The smallest absolute Gasteiger partial charge is 0.348 e. The van der Waals surface area contributed by atoms with E-state index in [0.29, 0.717) is 49.1 Å².